The molecule has 1 aromatic heterocycles. The fraction of sp³-hybridized carbons (Fsp3) is 0.235. The normalized spacial score (nSPS) is 11.2. The molecule has 0 fully saturated rings. The summed E-state index contributed by atoms with van der Waals surface area (Å²) in [4.78, 5) is 36.4. The number of carbonyl (C=O) groups excluding carboxylic acids is 1. The number of nitrogens with zero attached hydrogens (tertiary/aromatic N) is 1. The molecule has 0 atom stereocenters. The Bertz CT molecular complexity index is 895. The van der Waals surface area contributed by atoms with E-state index in [0.717, 1.165) is 22.8 Å². The van der Waals surface area contributed by atoms with Crippen molar-refractivity contribution < 1.29 is 23.8 Å². The maximum absolute atomic E-state index is 13.2. The molecule has 0 aliphatic carbocycles. The van der Waals surface area contributed by atoms with Crippen LogP contribution in [0.4, 0.5) is 10.1 Å². The number of esters is 1. The maximum Gasteiger partial charge on any atom is 0.356 e. The summed E-state index contributed by atoms with van der Waals surface area (Å²) >= 11 is 0. The molecule has 25 heavy (non-hydrogen) atoms. The van der Waals surface area contributed by atoms with Crippen molar-refractivity contribution in [1.82, 2.24) is 4.57 Å². The number of aromatic nitrogens is 1. The lowest BCUT2D eigenvalue weighted by molar-refractivity contribution is 0.00587. The summed E-state index contributed by atoms with van der Waals surface area (Å²) in [6.45, 7) is 4.92. The number of hydrogen-bond donors (Lipinski definition) is 2. The molecule has 8 heteroatoms. The monoisotopic (exact) mass is 348 g/mol. The number of carbonyl (C=O) groups is 2. The number of halogens is 1. The molecule has 0 radical (unpaired) electrons. The van der Waals surface area contributed by atoms with Crippen LogP contribution in [0.25, 0.3) is 5.69 Å². The van der Waals surface area contributed by atoms with E-state index in [1.165, 1.54) is 12.1 Å². The predicted octanol–water partition coefficient (Wildman–Crippen LogP) is 2.21. The van der Waals surface area contributed by atoms with Crippen molar-refractivity contribution in [2.75, 3.05) is 5.73 Å². The number of nitrogens with two attached hydrogens (primary N) is 1. The average Bonchev–Trinajstić information content (AvgIpc) is 2.46. The molecule has 0 bridgehead atoms. The third kappa shape index (κ3) is 3.85. The van der Waals surface area contributed by atoms with Gasteiger partial charge in [-0.15, -0.1) is 0 Å². The molecule has 2 rings (SSSR count). The van der Waals surface area contributed by atoms with Crippen molar-refractivity contribution in [3.63, 3.8) is 0 Å². The van der Waals surface area contributed by atoms with E-state index in [4.69, 9.17) is 10.5 Å². The Morgan fingerprint density at radius 1 is 1.20 bits per heavy atom. The van der Waals surface area contributed by atoms with Gasteiger partial charge in [-0.2, -0.15) is 0 Å². The van der Waals surface area contributed by atoms with Gasteiger partial charge >= 0.3 is 11.9 Å². The highest BCUT2D eigenvalue weighted by Crippen LogP contribution is 2.19. The first-order chi connectivity index (χ1) is 11.5. The maximum atomic E-state index is 13.2. The lowest BCUT2D eigenvalue weighted by atomic mass is 10.1. The molecule has 1 heterocycles. The third-order valence-electron chi connectivity index (χ3n) is 3.15. The standard InChI is InChI=1S/C17H17FN2O5/c1-17(2,3)25-16(24)12-8-11(19)13(15(22)23)14(21)20(12)10-6-4-9(18)5-7-10/h4-8H,19H2,1-3H3,(H,22,23). The Morgan fingerprint density at radius 3 is 2.24 bits per heavy atom. The van der Waals surface area contributed by atoms with Crippen LogP contribution >= 0.6 is 0 Å². The molecule has 0 aliphatic heterocycles. The number of aromatic carboxylic acids is 1. The summed E-state index contributed by atoms with van der Waals surface area (Å²) < 4.78 is 19.2. The van der Waals surface area contributed by atoms with Gasteiger partial charge in [0.05, 0.1) is 5.69 Å². The van der Waals surface area contributed by atoms with Crippen molar-refractivity contribution in [1.29, 1.82) is 0 Å². The summed E-state index contributed by atoms with van der Waals surface area (Å²) in [5, 5.41) is 9.21. The summed E-state index contributed by atoms with van der Waals surface area (Å²) in [5.74, 6) is -2.95. The zero-order valence-electron chi connectivity index (χ0n) is 13.9. The summed E-state index contributed by atoms with van der Waals surface area (Å²) in [7, 11) is 0. The summed E-state index contributed by atoms with van der Waals surface area (Å²) in [6, 6.07) is 5.70. The number of rotatable bonds is 3. The van der Waals surface area contributed by atoms with Gasteiger partial charge < -0.3 is 15.6 Å². The van der Waals surface area contributed by atoms with Crippen LogP contribution in [0.2, 0.25) is 0 Å². The van der Waals surface area contributed by atoms with E-state index in [9.17, 15) is 23.9 Å². The molecule has 7 nitrogen and oxygen atoms in total. The van der Waals surface area contributed by atoms with Gasteiger partial charge in [-0.1, -0.05) is 0 Å². The zero-order valence-corrected chi connectivity index (χ0v) is 13.9. The van der Waals surface area contributed by atoms with Crippen LogP contribution in [0.3, 0.4) is 0 Å². The second kappa shape index (κ2) is 6.39. The highest BCUT2D eigenvalue weighted by molar-refractivity contribution is 5.96. The van der Waals surface area contributed by atoms with Gasteiger partial charge in [-0.05, 0) is 51.1 Å². The highest BCUT2D eigenvalue weighted by atomic mass is 19.1. The summed E-state index contributed by atoms with van der Waals surface area (Å²) in [6.07, 6.45) is 0. The molecule has 0 saturated heterocycles. The van der Waals surface area contributed by atoms with E-state index in [1.807, 2.05) is 0 Å². The first kappa shape index (κ1) is 18.2. The fourth-order valence-electron chi connectivity index (χ4n) is 2.17. The van der Waals surface area contributed by atoms with Crippen LogP contribution in [-0.4, -0.2) is 27.2 Å². The molecule has 2 aromatic rings. The number of ether oxygens (including phenoxy) is 1. The Balaban J connectivity index is 2.78. The molecule has 0 aliphatic rings. The third-order valence-corrected chi connectivity index (χ3v) is 3.15. The quantitative estimate of drug-likeness (QED) is 0.823. The minimum absolute atomic E-state index is 0.106. The number of benzene rings is 1. The topological polar surface area (TPSA) is 112 Å². The van der Waals surface area contributed by atoms with Gasteiger partial charge in [0.25, 0.3) is 5.56 Å². The van der Waals surface area contributed by atoms with Crippen LogP contribution < -0.4 is 11.3 Å². The molecule has 3 N–H and O–H groups in total. The molecule has 1 aromatic carbocycles. The van der Waals surface area contributed by atoms with E-state index in [0.29, 0.717) is 0 Å². The number of carboxylic acids is 1. The van der Waals surface area contributed by atoms with Crippen LogP contribution in [0, 0.1) is 5.82 Å². The van der Waals surface area contributed by atoms with E-state index >= 15 is 0 Å². The number of pyridine rings is 1. The van der Waals surface area contributed by atoms with Crippen LogP contribution in [0.1, 0.15) is 41.6 Å². The predicted molar refractivity (Wildman–Crippen MR) is 88.5 cm³/mol. The van der Waals surface area contributed by atoms with E-state index in [1.54, 1.807) is 20.8 Å². The van der Waals surface area contributed by atoms with E-state index in [2.05, 4.69) is 0 Å². The van der Waals surface area contributed by atoms with E-state index < -0.39 is 34.5 Å². The smallest absolute Gasteiger partial charge is 0.356 e. The Morgan fingerprint density at radius 2 is 1.76 bits per heavy atom. The van der Waals surface area contributed by atoms with E-state index in [-0.39, 0.29) is 17.1 Å². The largest absolute Gasteiger partial charge is 0.477 e. The lowest BCUT2D eigenvalue weighted by Crippen LogP contribution is -2.33. The zero-order chi connectivity index (χ0) is 18.9. The number of nitrogen functional groups attached to an aromatic ring is 1. The molecule has 0 unspecified atom stereocenters. The van der Waals surface area contributed by atoms with Crippen molar-refractivity contribution in [3.8, 4) is 5.69 Å². The fourth-order valence-corrected chi connectivity index (χ4v) is 2.17. The first-order valence-corrected chi connectivity index (χ1v) is 7.29. The Kier molecular flexibility index (Phi) is 4.64. The van der Waals surface area contributed by atoms with Crippen LogP contribution in [0.15, 0.2) is 35.1 Å². The van der Waals surface area contributed by atoms with Crippen molar-refractivity contribution in [2.24, 2.45) is 0 Å². The Hall–Kier alpha value is -3.16. The van der Waals surface area contributed by atoms with Gasteiger partial charge in [0.1, 0.15) is 22.7 Å². The van der Waals surface area contributed by atoms with Crippen molar-refractivity contribution in [3.05, 3.63) is 57.8 Å². The van der Waals surface area contributed by atoms with Gasteiger partial charge in [-0.25, -0.2) is 14.0 Å². The second-order valence-corrected chi connectivity index (χ2v) is 6.28. The van der Waals surface area contributed by atoms with Gasteiger partial charge in [0.15, 0.2) is 0 Å². The number of anilines is 1. The molecule has 0 amide bonds. The van der Waals surface area contributed by atoms with Crippen molar-refractivity contribution >= 4 is 17.6 Å². The van der Waals surface area contributed by atoms with Crippen LogP contribution in [-0.2, 0) is 4.74 Å². The minimum atomic E-state index is -1.53. The molecule has 0 spiro atoms. The average molecular weight is 348 g/mol. The van der Waals surface area contributed by atoms with Crippen LogP contribution in [0.5, 0.6) is 0 Å². The highest BCUT2D eigenvalue weighted by Gasteiger charge is 2.26. The number of carboxylic acid groups (broad SMARTS) is 1. The van der Waals surface area contributed by atoms with Crippen molar-refractivity contribution in [2.45, 2.75) is 26.4 Å². The number of hydrogen-bond acceptors (Lipinski definition) is 5. The molecular weight excluding hydrogens is 331 g/mol. The summed E-state index contributed by atoms with van der Waals surface area (Å²) in [5.41, 5.74) is 2.58. The first-order valence-electron chi connectivity index (χ1n) is 7.29. The van der Waals surface area contributed by atoms with Gasteiger partial charge in [-0.3, -0.25) is 9.36 Å². The molecule has 0 saturated carbocycles. The SMILES string of the molecule is CC(C)(C)OC(=O)c1cc(N)c(C(=O)O)c(=O)n1-c1ccc(F)cc1. The molecule has 132 valence electrons. The van der Waals surface area contributed by atoms with Gasteiger partial charge in [0, 0.05) is 5.69 Å². The Labute approximate surface area is 142 Å². The minimum Gasteiger partial charge on any atom is -0.477 e. The van der Waals surface area contributed by atoms with Gasteiger partial charge in [0.2, 0.25) is 0 Å². The molecular formula is C17H17FN2O5. The second-order valence-electron chi connectivity index (χ2n) is 6.28. The lowest BCUT2D eigenvalue weighted by Gasteiger charge is -2.21.